The first-order valence-corrected chi connectivity index (χ1v) is 7.61. The zero-order valence-electron chi connectivity index (χ0n) is 10.7. The minimum Gasteiger partial charge on any atom is -0.402 e. The number of hydrogen-bond acceptors (Lipinski definition) is 3. The van der Waals surface area contributed by atoms with Crippen LogP contribution in [0.3, 0.4) is 0 Å². The number of aliphatic imine (C=N–C) groups is 1. The lowest BCUT2D eigenvalue weighted by Crippen LogP contribution is -2.05. The molecule has 2 aromatic rings. The summed E-state index contributed by atoms with van der Waals surface area (Å²) >= 11 is 8.13. The van der Waals surface area contributed by atoms with Crippen LogP contribution < -0.4 is 0 Å². The van der Waals surface area contributed by atoms with Gasteiger partial charge in [0.15, 0.2) is 5.70 Å². The molecule has 5 heteroatoms. The lowest BCUT2D eigenvalue weighted by atomic mass is 10.2. The number of ether oxygens (including phenoxy) is 1. The molecule has 0 saturated carbocycles. The van der Waals surface area contributed by atoms with Gasteiger partial charge >= 0.3 is 5.97 Å². The minimum absolute atomic E-state index is 0.270. The normalized spacial score (nSPS) is 16.0. The van der Waals surface area contributed by atoms with Gasteiger partial charge in [0.2, 0.25) is 5.90 Å². The first kappa shape index (κ1) is 14.3. The number of rotatable bonds is 2. The Bertz CT molecular complexity index is 783. The molecule has 3 rings (SSSR count). The number of hydrogen-bond donors (Lipinski definition) is 0. The first-order valence-electron chi connectivity index (χ1n) is 6.16. The fraction of sp³-hybridized carbons (Fsp3) is 0. The number of halogens is 2. The predicted octanol–water partition coefficient (Wildman–Crippen LogP) is 4.29. The van der Waals surface area contributed by atoms with E-state index in [1.807, 2.05) is 36.4 Å². The Kier molecular flexibility index (Phi) is 4.07. The summed E-state index contributed by atoms with van der Waals surface area (Å²) in [6.07, 6.45) is 1.66. The molecule has 0 radical (unpaired) electrons. The summed E-state index contributed by atoms with van der Waals surface area (Å²) in [5.41, 5.74) is 1.86. The van der Waals surface area contributed by atoms with E-state index in [1.54, 1.807) is 18.2 Å². The summed E-state index contributed by atoms with van der Waals surface area (Å²) in [5.74, 6) is -0.129. The zero-order chi connectivity index (χ0) is 14.8. The van der Waals surface area contributed by atoms with Crippen LogP contribution in [0.4, 0.5) is 0 Å². The average Bonchev–Trinajstić information content (AvgIpc) is 2.80. The van der Waals surface area contributed by atoms with Crippen LogP contribution in [0.25, 0.3) is 6.08 Å². The van der Waals surface area contributed by atoms with Crippen molar-refractivity contribution in [3.8, 4) is 0 Å². The largest absolute Gasteiger partial charge is 0.402 e. The van der Waals surface area contributed by atoms with Gasteiger partial charge in [-0.25, -0.2) is 9.79 Å². The molecule has 0 aromatic heterocycles. The molecule has 1 heterocycles. The summed E-state index contributed by atoms with van der Waals surface area (Å²) < 4.78 is 6.28. The van der Waals surface area contributed by atoms with Crippen LogP contribution in [0.5, 0.6) is 0 Å². The van der Waals surface area contributed by atoms with Crippen molar-refractivity contribution in [2.45, 2.75) is 0 Å². The van der Waals surface area contributed by atoms with E-state index in [4.69, 9.17) is 16.3 Å². The van der Waals surface area contributed by atoms with Crippen LogP contribution in [0.15, 0.2) is 59.2 Å². The molecule has 0 atom stereocenters. The summed E-state index contributed by atoms with van der Waals surface area (Å²) in [6, 6.07) is 14.8. The van der Waals surface area contributed by atoms with Gasteiger partial charge in [-0.1, -0.05) is 29.8 Å². The molecule has 21 heavy (non-hydrogen) atoms. The molecule has 1 aliphatic rings. The maximum Gasteiger partial charge on any atom is 0.363 e. The zero-order valence-corrected chi connectivity index (χ0v) is 13.6. The number of benzene rings is 2. The molecule has 1 aliphatic heterocycles. The highest BCUT2D eigenvalue weighted by Crippen LogP contribution is 2.21. The molecular weight excluding hydrogens is 401 g/mol. The Labute approximate surface area is 140 Å². The van der Waals surface area contributed by atoms with Gasteiger partial charge in [0.1, 0.15) is 0 Å². The summed E-state index contributed by atoms with van der Waals surface area (Å²) in [5, 5.41) is 0.609. The van der Waals surface area contributed by atoms with Crippen molar-refractivity contribution < 1.29 is 9.53 Å². The van der Waals surface area contributed by atoms with Gasteiger partial charge in [0.05, 0.1) is 0 Å². The van der Waals surface area contributed by atoms with Crippen LogP contribution in [0.1, 0.15) is 11.1 Å². The average molecular weight is 410 g/mol. The predicted molar refractivity (Wildman–Crippen MR) is 91.2 cm³/mol. The maximum atomic E-state index is 11.9. The van der Waals surface area contributed by atoms with Crippen molar-refractivity contribution in [2.75, 3.05) is 0 Å². The van der Waals surface area contributed by atoms with Crippen molar-refractivity contribution in [2.24, 2.45) is 4.99 Å². The third kappa shape index (κ3) is 3.33. The molecule has 0 spiro atoms. The summed E-state index contributed by atoms with van der Waals surface area (Å²) in [7, 11) is 0. The van der Waals surface area contributed by atoms with Gasteiger partial charge in [-0.15, -0.1) is 0 Å². The highest BCUT2D eigenvalue weighted by Gasteiger charge is 2.24. The van der Waals surface area contributed by atoms with Gasteiger partial charge in [-0.05, 0) is 64.6 Å². The van der Waals surface area contributed by atoms with Crippen molar-refractivity contribution in [3.05, 3.63) is 73.9 Å². The molecular formula is C16H9ClINO2. The minimum atomic E-state index is -0.455. The second kappa shape index (κ2) is 5.99. The highest BCUT2D eigenvalue weighted by molar-refractivity contribution is 14.1. The second-order valence-electron chi connectivity index (χ2n) is 4.40. The van der Waals surface area contributed by atoms with Crippen LogP contribution in [-0.4, -0.2) is 11.9 Å². The van der Waals surface area contributed by atoms with E-state index in [-0.39, 0.29) is 5.70 Å². The molecule has 0 fully saturated rings. The van der Waals surface area contributed by atoms with Gasteiger partial charge in [0, 0.05) is 14.2 Å². The topological polar surface area (TPSA) is 38.7 Å². The number of carbonyl (C=O) groups excluding carboxylic acids is 1. The Hall–Kier alpha value is -1.66. The highest BCUT2D eigenvalue weighted by atomic mass is 127. The van der Waals surface area contributed by atoms with E-state index >= 15 is 0 Å². The molecule has 0 N–H and O–H groups in total. The van der Waals surface area contributed by atoms with E-state index in [2.05, 4.69) is 27.6 Å². The van der Waals surface area contributed by atoms with Crippen LogP contribution in [0.2, 0.25) is 5.02 Å². The number of esters is 1. The third-order valence-corrected chi connectivity index (χ3v) is 3.75. The molecule has 3 nitrogen and oxygen atoms in total. The lowest BCUT2D eigenvalue weighted by Gasteiger charge is -1.99. The lowest BCUT2D eigenvalue weighted by molar-refractivity contribution is -0.129. The SMILES string of the molecule is O=C1OC(c2cccc(I)c2)=N/C1=C\c1cccc(Cl)c1. The van der Waals surface area contributed by atoms with Crippen LogP contribution in [0, 0.1) is 3.57 Å². The molecule has 0 amide bonds. The van der Waals surface area contributed by atoms with Crippen molar-refractivity contribution in [1.82, 2.24) is 0 Å². The van der Waals surface area contributed by atoms with Gasteiger partial charge in [-0.3, -0.25) is 0 Å². The Morgan fingerprint density at radius 1 is 1.14 bits per heavy atom. The third-order valence-electron chi connectivity index (χ3n) is 2.84. The second-order valence-corrected chi connectivity index (χ2v) is 6.08. The Morgan fingerprint density at radius 3 is 2.71 bits per heavy atom. The van der Waals surface area contributed by atoms with E-state index in [9.17, 15) is 4.79 Å². The van der Waals surface area contributed by atoms with E-state index in [0.717, 1.165) is 14.7 Å². The van der Waals surface area contributed by atoms with Crippen molar-refractivity contribution in [3.63, 3.8) is 0 Å². The fourth-order valence-corrected chi connectivity index (χ4v) is 2.65. The number of cyclic esters (lactones) is 1. The first-order chi connectivity index (χ1) is 10.1. The fourth-order valence-electron chi connectivity index (χ4n) is 1.91. The molecule has 2 aromatic carbocycles. The summed E-state index contributed by atoms with van der Waals surface area (Å²) in [6.45, 7) is 0. The quantitative estimate of drug-likeness (QED) is 0.422. The molecule has 0 bridgehead atoms. The maximum absolute atomic E-state index is 11.9. The van der Waals surface area contributed by atoms with E-state index < -0.39 is 5.97 Å². The van der Waals surface area contributed by atoms with E-state index in [0.29, 0.717) is 10.9 Å². The number of nitrogens with zero attached hydrogens (tertiary/aromatic N) is 1. The van der Waals surface area contributed by atoms with Gasteiger partial charge in [-0.2, -0.15) is 0 Å². The molecule has 104 valence electrons. The smallest absolute Gasteiger partial charge is 0.363 e. The monoisotopic (exact) mass is 409 g/mol. The van der Waals surface area contributed by atoms with Crippen LogP contribution >= 0.6 is 34.2 Å². The van der Waals surface area contributed by atoms with Crippen LogP contribution in [-0.2, 0) is 9.53 Å². The van der Waals surface area contributed by atoms with Crippen molar-refractivity contribution in [1.29, 1.82) is 0 Å². The number of carbonyl (C=O) groups is 1. The Balaban J connectivity index is 1.95. The van der Waals surface area contributed by atoms with Gasteiger partial charge in [0.25, 0.3) is 0 Å². The molecule has 0 unspecified atom stereocenters. The summed E-state index contributed by atoms with van der Waals surface area (Å²) in [4.78, 5) is 16.2. The van der Waals surface area contributed by atoms with E-state index in [1.165, 1.54) is 0 Å². The molecule has 0 saturated heterocycles. The van der Waals surface area contributed by atoms with Gasteiger partial charge < -0.3 is 4.74 Å². The Morgan fingerprint density at radius 2 is 1.95 bits per heavy atom. The standard InChI is InChI=1S/C16H9ClINO2/c17-12-5-1-3-10(7-12)8-14-16(20)21-15(19-14)11-4-2-6-13(18)9-11/h1-9H/b14-8-. The molecule has 0 aliphatic carbocycles. The van der Waals surface area contributed by atoms with Crippen molar-refractivity contribution >= 4 is 52.1 Å².